The molecule has 0 unspecified atom stereocenters. The van der Waals surface area contributed by atoms with Crippen LogP contribution in [0.2, 0.25) is 0 Å². The number of rotatable bonds is 6. The zero-order valence-corrected chi connectivity index (χ0v) is 17.3. The van der Waals surface area contributed by atoms with Gasteiger partial charge in [0.05, 0.1) is 11.1 Å². The summed E-state index contributed by atoms with van der Waals surface area (Å²) in [4.78, 5) is 26.7. The molecule has 1 amide bonds. The van der Waals surface area contributed by atoms with E-state index in [1.807, 2.05) is 30.3 Å². The third kappa shape index (κ3) is 3.50. The van der Waals surface area contributed by atoms with Gasteiger partial charge in [-0.3, -0.25) is 0 Å². The number of carbonyl (C=O) groups excluding carboxylic acids is 1. The SMILES string of the molecule is O=C(NCCc1c[nH]c2c(C(=O)O)cccc12)OCC1c2ccccc2-c2ccccc21. The number of carbonyl (C=O) groups is 2. The molecule has 0 fully saturated rings. The van der Waals surface area contributed by atoms with Crippen LogP contribution in [0.1, 0.15) is 33.0 Å². The Bertz CT molecular complexity index is 1280. The van der Waals surface area contributed by atoms with Gasteiger partial charge in [0.2, 0.25) is 0 Å². The van der Waals surface area contributed by atoms with Gasteiger partial charge in [-0.15, -0.1) is 0 Å². The number of fused-ring (bicyclic) bond motifs is 4. The Hall–Kier alpha value is -4.06. The highest BCUT2D eigenvalue weighted by Crippen LogP contribution is 2.44. The lowest BCUT2D eigenvalue weighted by Gasteiger charge is -2.14. The molecule has 1 heterocycles. The zero-order valence-electron chi connectivity index (χ0n) is 17.3. The number of hydrogen-bond acceptors (Lipinski definition) is 3. The van der Waals surface area contributed by atoms with Crippen molar-refractivity contribution in [2.45, 2.75) is 12.3 Å². The molecule has 0 saturated heterocycles. The maximum Gasteiger partial charge on any atom is 0.407 e. The standard InChI is InChI=1S/C26H22N2O4/c29-25(30)22-11-5-10-17-16(14-28-24(17)22)12-13-27-26(31)32-15-23-20-8-3-1-6-18(20)19-7-2-4-9-21(19)23/h1-11,14,23,28H,12-13,15H2,(H,27,31)(H,29,30). The van der Waals surface area contributed by atoms with Gasteiger partial charge in [0, 0.05) is 24.0 Å². The first-order valence-electron chi connectivity index (χ1n) is 10.5. The number of carboxylic acid groups (broad SMARTS) is 1. The predicted octanol–water partition coefficient (Wildman–Crippen LogP) is 4.95. The van der Waals surface area contributed by atoms with Crippen LogP contribution in [0.5, 0.6) is 0 Å². The highest BCUT2D eigenvalue weighted by atomic mass is 16.5. The molecule has 0 spiro atoms. The fourth-order valence-electron chi connectivity index (χ4n) is 4.55. The van der Waals surface area contributed by atoms with Gasteiger partial charge in [-0.1, -0.05) is 60.7 Å². The van der Waals surface area contributed by atoms with Crippen molar-refractivity contribution < 1.29 is 19.4 Å². The van der Waals surface area contributed by atoms with Crippen LogP contribution < -0.4 is 5.32 Å². The van der Waals surface area contributed by atoms with Gasteiger partial charge < -0.3 is 20.1 Å². The van der Waals surface area contributed by atoms with Crippen molar-refractivity contribution >= 4 is 23.0 Å². The Morgan fingerprint density at radius 1 is 0.938 bits per heavy atom. The Labute approximate surface area is 184 Å². The monoisotopic (exact) mass is 426 g/mol. The number of para-hydroxylation sites is 1. The highest BCUT2D eigenvalue weighted by molar-refractivity contribution is 6.03. The molecule has 1 aliphatic carbocycles. The number of benzene rings is 3. The van der Waals surface area contributed by atoms with E-state index in [1.165, 1.54) is 22.3 Å². The molecule has 0 radical (unpaired) electrons. The van der Waals surface area contributed by atoms with Crippen LogP contribution in [0.15, 0.2) is 72.9 Å². The van der Waals surface area contributed by atoms with Gasteiger partial charge in [-0.05, 0) is 40.3 Å². The first-order chi connectivity index (χ1) is 15.6. The quantitative estimate of drug-likeness (QED) is 0.407. The van der Waals surface area contributed by atoms with Crippen molar-refractivity contribution in [1.29, 1.82) is 0 Å². The fourth-order valence-corrected chi connectivity index (χ4v) is 4.55. The summed E-state index contributed by atoms with van der Waals surface area (Å²) in [5, 5.41) is 13.0. The first-order valence-corrected chi connectivity index (χ1v) is 10.5. The molecule has 3 N–H and O–H groups in total. The van der Waals surface area contributed by atoms with E-state index in [0.717, 1.165) is 10.9 Å². The third-order valence-corrected chi connectivity index (χ3v) is 6.04. The van der Waals surface area contributed by atoms with Crippen molar-refractivity contribution in [2.24, 2.45) is 0 Å². The topological polar surface area (TPSA) is 91.4 Å². The molecular formula is C26H22N2O4. The number of aromatic amines is 1. The molecule has 32 heavy (non-hydrogen) atoms. The molecule has 6 heteroatoms. The van der Waals surface area contributed by atoms with Crippen LogP contribution in [0.25, 0.3) is 22.0 Å². The van der Waals surface area contributed by atoms with E-state index in [2.05, 4.69) is 34.6 Å². The number of carboxylic acids is 1. The van der Waals surface area contributed by atoms with Crippen LogP contribution in [0.4, 0.5) is 4.79 Å². The van der Waals surface area contributed by atoms with Gasteiger partial charge >= 0.3 is 12.1 Å². The minimum absolute atomic E-state index is 0.0243. The lowest BCUT2D eigenvalue weighted by atomic mass is 9.98. The lowest BCUT2D eigenvalue weighted by molar-refractivity contribution is 0.0698. The fraction of sp³-hybridized carbons (Fsp3) is 0.154. The van der Waals surface area contributed by atoms with E-state index in [-0.39, 0.29) is 18.1 Å². The van der Waals surface area contributed by atoms with Gasteiger partial charge in [-0.25, -0.2) is 9.59 Å². The summed E-state index contributed by atoms with van der Waals surface area (Å²) in [5.41, 5.74) is 6.51. The molecule has 1 aromatic heterocycles. The van der Waals surface area contributed by atoms with Crippen LogP contribution in [-0.4, -0.2) is 35.3 Å². The minimum Gasteiger partial charge on any atom is -0.478 e. The Morgan fingerprint density at radius 2 is 1.62 bits per heavy atom. The van der Waals surface area contributed by atoms with Crippen molar-refractivity contribution in [3.05, 3.63) is 95.2 Å². The Morgan fingerprint density at radius 3 is 2.31 bits per heavy atom. The van der Waals surface area contributed by atoms with Gasteiger partial charge in [0.25, 0.3) is 0 Å². The smallest absolute Gasteiger partial charge is 0.407 e. The molecule has 6 nitrogen and oxygen atoms in total. The molecular weight excluding hydrogens is 404 g/mol. The first kappa shape index (κ1) is 19.9. The maximum absolute atomic E-state index is 12.3. The summed E-state index contributed by atoms with van der Waals surface area (Å²) < 4.78 is 5.56. The molecule has 0 saturated carbocycles. The second-order valence-electron chi connectivity index (χ2n) is 7.85. The molecule has 160 valence electrons. The number of aromatic carboxylic acids is 1. The van der Waals surface area contributed by atoms with E-state index < -0.39 is 12.1 Å². The summed E-state index contributed by atoms with van der Waals surface area (Å²) in [7, 11) is 0. The normalized spacial score (nSPS) is 12.4. The number of nitrogens with one attached hydrogen (secondary N) is 2. The summed E-state index contributed by atoms with van der Waals surface area (Å²) >= 11 is 0. The summed E-state index contributed by atoms with van der Waals surface area (Å²) in [6.07, 6.45) is 1.89. The van der Waals surface area contributed by atoms with Gasteiger partial charge in [-0.2, -0.15) is 0 Å². The lowest BCUT2D eigenvalue weighted by Crippen LogP contribution is -2.28. The van der Waals surface area contributed by atoms with E-state index >= 15 is 0 Å². The van der Waals surface area contributed by atoms with E-state index in [9.17, 15) is 14.7 Å². The van der Waals surface area contributed by atoms with Crippen molar-refractivity contribution in [3.63, 3.8) is 0 Å². The number of aromatic nitrogens is 1. The largest absolute Gasteiger partial charge is 0.478 e. The minimum atomic E-state index is -0.972. The zero-order chi connectivity index (χ0) is 22.1. The van der Waals surface area contributed by atoms with E-state index in [4.69, 9.17) is 4.74 Å². The molecule has 4 aromatic rings. The van der Waals surface area contributed by atoms with Crippen molar-refractivity contribution in [2.75, 3.05) is 13.2 Å². The number of ether oxygens (including phenoxy) is 1. The van der Waals surface area contributed by atoms with Gasteiger partial charge in [0.1, 0.15) is 6.61 Å². The molecule has 0 bridgehead atoms. The molecule has 0 atom stereocenters. The predicted molar refractivity (Wildman–Crippen MR) is 122 cm³/mol. The highest BCUT2D eigenvalue weighted by Gasteiger charge is 2.28. The Kier molecular flexibility index (Phi) is 5.11. The number of H-pyrrole nitrogens is 1. The van der Waals surface area contributed by atoms with Gasteiger partial charge in [0.15, 0.2) is 0 Å². The number of hydrogen-bond donors (Lipinski definition) is 3. The molecule has 3 aromatic carbocycles. The maximum atomic E-state index is 12.3. The van der Waals surface area contributed by atoms with E-state index in [1.54, 1.807) is 18.3 Å². The second-order valence-corrected chi connectivity index (χ2v) is 7.85. The summed E-state index contributed by atoms with van der Waals surface area (Å²) in [6.45, 7) is 0.663. The van der Waals surface area contributed by atoms with Crippen LogP contribution >= 0.6 is 0 Å². The van der Waals surface area contributed by atoms with Crippen LogP contribution in [0.3, 0.4) is 0 Å². The Balaban J connectivity index is 1.20. The molecule has 1 aliphatic rings. The third-order valence-electron chi connectivity index (χ3n) is 6.04. The summed E-state index contributed by atoms with van der Waals surface area (Å²) in [5.74, 6) is -0.947. The van der Waals surface area contributed by atoms with Crippen LogP contribution in [-0.2, 0) is 11.2 Å². The number of alkyl carbamates (subject to hydrolysis) is 1. The van der Waals surface area contributed by atoms with Crippen LogP contribution in [0, 0.1) is 0 Å². The number of amides is 1. The van der Waals surface area contributed by atoms with Crippen molar-refractivity contribution in [3.8, 4) is 11.1 Å². The van der Waals surface area contributed by atoms with Crippen molar-refractivity contribution in [1.82, 2.24) is 10.3 Å². The average Bonchev–Trinajstić information content (AvgIpc) is 3.37. The average molecular weight is 426 g/mol. The van der Waals surface area contributed by atoms with E-state index in [0.29, 0.717) is 18.5 Å². The molecule has 0 aliphatic heterocycles. The summed E-state index contributed by atoms with van der Waals surface area (Å²) in [6, 6.07) is 21.6. The second kappa shape index (κ2) is 8.23. The molecule has 5 rings (SSSR count).